The van der Waals surface area contributed by atoms with Gasteiger partial charge >= 0.3 is 0 Å². The molecule has 0 aliphatic carbocycles. The van der Waals surface area contributed by atoms with Gasteiger partial charge in [-0.15, -0.1) is 11.3 Å². The van der Waals surface area contributed by atoms with Crippen molar-refractivity contribution in [2.45, 2.75) is 19.9 Å². The molecule has 3 N–H and O–H groups in total. The first-order valence-electron chi connectivity index (χ1n) is 6.43. The van der Waals surface area contributed by atoms with Crippen LogP contribution < -0.4 is 11.1 Å². The Morgan fingerprint density at radius 3 is 2.95 bits per heavy atom. The van der Waals surface area contributed by atoms with E-state index in [1.54, 1.807) is 29.8 Å². The minimum atomic E-state index is 0.145. The van der Waals surface area contributed by atoms with E-state index in [1.807, 2.05) is 6.20 Å². The third-order valence-corrected chi connectivity index (χ3v) is 3.84. The van der Waals surface area contributed by atoms with Crippen molar-refractivity contribution in [3.05, 3.63) is 34.5 Å². The van der Waals surface area contributed by atoms with Crippen LogP contribution in [0.25, 0.3) is 5.95 Å². The van der Waals surface area contributed by atoms with Gasteiger partial charge in [0, 0.05) is 23.5 Å². The first-order valence-corrected chi connectivity index (χ1v) is 7.25. The Labute approximate surface area is 125 Å². The number of aryl methyl sites for hydroxylation is 1. The minimum absolute atomic E-state index is 0.145. The number of nitrogens with one attached hydrogen (secondary N) is 1. The van der Waals surface area contributed by atoms with Crippen molar-refractivity contribution in [2.75, 3.05) is 11.1 Å². The maximum absolute atomic E-state index is 5.70. The van der Waals surface area contributed by atoms with Crippen molar-refractivity contribution in [1.29, 1.82) is 0 Å². The topological polar surface area (TPSA) is 107 Å². The van der Waals surface area contributed by atoms with Gasteiger partial charge in [-0.25, -0.2) is 9.67 Å². The third kappa shape index (κ3) is 3.14. The summed E-state index contributed by atoms with van der Waals surface area (Å²) in [5.74, 6) is 0.927. The Hall–Kier alpha value is -2.55. The molecule has 3 rings (SSSR count). The number of aromatic nitrogens is 6. The first-order chi connectivity index (χ1) is 10.2. The lowest BCUT2D eigenvalue weighted by atomic mass is 10.4. The molecule has 0 fully saturated rings. The molecule has 108 valence electrons. The van der Waals surface area contributed by atoms with Gasteiger partial charge in [-0.3, -0.25) is 0 Å². The van der Waals surface area contributed by atoms with Crippen LogP contribution in [0.4, 0.5) is 11.9 Å². The van der Waals surface area contributed by atoms with E-state index in [9.17, 15) is 0 Å². The molecule has 0 bridgehead atoms. The molecule has 3 aromatic rings. The van der Waals surface area contributed by atoms with Gasteiger partial charge in [-0.05, 0) is 12.5 Å². The maximum Gasteiger partial charge on any atom is 0.257 e. The lowest BCUT2D eigenvalue weighted by Gasteiger charge is -2.05. The summed E-state index contributed by atoms with van der Waals surface area (Å²) in [6.45, 7) is 2.65. The van der Waals surface area contributed by atoms with Gasteiger partial charge in [0.15, 0.2) is 0 Å². The molecule has 8 nitrogen and oxygen atoms in total. The van der Waals surface area contributed by atoms with E-state index in [-0.39, 0.29) is 5.95 Å². The molecule has 0 aliphatic rings. The highest BCUT2D eigenvalue weighted by Crippen LogP contribution is 2.14. The number of hydrogen-bond donors (Lipinski definition) is 2. The van der Waals surface area contributed by atoms with Crippen LogP contribution >= 0.6 is 11.3 Å². The van der Waals surface area contributed by atoms with Crippen molar-refractivity contribution in [1.82, 2.24) is 29.7 Å². The highest BCUT2D eigenvalue weighted by atomic mass is 32.1. The van der Waals surface area contributed by atoms with Crippen LogP contribution in [0.2, 0.25) is 0 Å². The zero-order valence-corrected chi connectivity index (χ0v) is 12.2. The summed E-state index contributed by atoms with van der Waals surface area (Å²) in [5.41, 5.74) is 5.70. The third-order valence-electron chi connectivity index (χ3n) is 2.70. The summed E-state index contributed by atoms with van der Waals surface area (Å²) in [6.07, 6.45) is 6.26. The molecule has 3 aromatic heterocycles. The maximum atomic E-state index is 5.70. The summed E-state index contributed by atoms with van der Waals surface area (Å²) in [5, 5.41) is 8.16. The minimum Gasteiger partial charge on any atom is -0.368 e. The Balaban J connectivity index is 1.76. The van der Waals surface area contributed by atoms with Gasteiger partial charge in [0.1, 0.15) is 5.01 Å². The van der Waals surface area contributed by atoms with Crippen LogP contribution in [-0.2, 0) is 13.0 Å². The molecular weight excluding hydrogens is 288 g/mol. The number of nitrogens with two attached hydrogens (primary N) is 1. The second kappa shape index (κ2) is 5.83. The molecule has 0 unspecified atom stereocenters. The predicted molar refractivity (Wildman–Crippen MR) is 80.2 cm³/mol. The number of hydrogen-bond acceptors (Lipinski definition) is 8. The SMILES string of the molecule is CCc1cnc(CNc2nc(N)nc(-n3cccn3)n2)s1. The standard InChI is InChI=1S/C12H14N8S/c1-2-8-6-14-9(21-8)7-15-11-17-10(13)18-12(19-11)20-5-3-4-16-20/h3-6H,2,7H2,1H3,(H3,13,15,17,18,19). The van der Waals surface area contributed by atoms with Crippen molar-refractivity contribution in [2.24, 2.45) is 0 Å². The second-order valence-electron chi connectivity index (χ2n) is 4.20. The molecule has 3 heterocycles. The zero-order chi connectivity index (χ0) is 14.7. The molecule has 0 amide bonds. The van der Waals surface area contributed by atoms with Crippen molar-refractivity contribution < 1.29 is 0 Å². The summed E-state index contributed by atoms with van der Waals surface area (Å²) in [6, 6.07) is 1.79. The van der Waals surface area contributed by atoms with Crippen LogP contribution in [-0.4, -0.2) is 29.7 Å². The number of anilines is 2. The first kappa shape index (κ1) is 13.4. The average molecular weight is 302 g/mol. The van der Waals surface area contributed by atoms with Crippen LogP contribution in [0.1, 0.15) is 16.8 Å². The van der Waals surface area contributed by atoms with Gasteiger partial charge in [0.2, 0.25) is 11.9 Å². The summed E-state index contributed by atoms with van der Waals surface area (Å²) in [4.78, 5) is 18.0. The molecule has 0 radical (unpaired) electrons. The largest absolute Gasteiger partial charge is 0.368 e. The van der Waals surface area contributed by atoms with Gasteiger partial charge in [-0.2, -0.15) is 20.1 Å². The molecule has 0 aliphatic heterocycles. The molecule has 0 atom stereocenters. The predicted octanol–water partition coefficient (Wildman–Crippen LogP) is 1.27. The normalized spacial score (nSPS) is 10.7. The van der Waals surface area contributed by atoms with E-state index in [2.05, 4.69) is 37.3 Å². The Morgan fingerprint density at radius 1 is 1.33 bits per heavy atom. The second-order valence-corrected chi connectivity index (χ2v) is 5.40. The van der Waals surface area contributed by atoms with E-state index >= 15 is 0 Å². The fraction of sp³-hybridized carbons (Fsp3) is 0.250. The van der Waals surface area contributed by atoms with Crippen LogP contribution in [0, 0.1) is 0 Å². The fourth-order valence-corrected chi connectivity index (χ4v) is 2.50. The van der Waals surface area contributed by atoms with Gasteiger partial charge in [-0.1, -0.05) is 6.92 Å². The number of thiazole rings is 1. The monoisotopic (exact) mass is 302 g/mol. The Bertz CT molecular complexity index is 721. The summed E-state index contributed by atoms with van der Waals surface area (Å²) in [7, 11) is 0. The number of nitrogens with zero attached hydrogens (tertiary/aromatic N) is 6. The lowest BCUT2D eigenvalue weighted by Crippen LogP contribution is -2.11. The van der Waals surface area contributed by atoms with Crippen LogP contribution in [0.5, 0.6) is 0 Å². The Morgan fingerprint density at radius 2 is 2.24 bits per heavy atom. The molecule has 0 aromatic carbocycles. The zero-order valence-electron chi connectivity index (χ0n) is 11.4. The molecule has 0 saturated heterocycles. The van der Waals surface area contributed by atoms with E-state index in [0.717, 1.165) is 11.4 Å². The van der Waals surface area contributed by atoms with Gasteiger partial charge < -0.3 is 11.1 Å². The van der Waals surface area contributed by atoms with Crippen molar-refractivity contribution >= 4 is 23.2 Å². The number of rotatable bonds is 5. The average Bonchev–Trinajstić information content (AvgIpc) is 3.16. The van der Waals surface area contributed by atoms with Gasteiger partial charge in [0.25, 0.3) is 5.95 Å². The summed E-state index contributed by atoms with van der Waals surface area (Å²) < 4.78 is 1.53. The van der Waals surface area contributed by atoms with Crippen molar-refractivity contribution in [3.8, 4) is 5.95 Å². The van der Waals surface area contributed by atoms with E-state index < -0.39 is 0 Å². The smallest absolute Gasteiger partial charge is 0.257 e. The van der Waals surface area contributed by atoms with E-state index in [4.69, 9.17) is 5.73 Å². The van der Waals surface area contributed by atoms with E-state index in [1.165, 1.54) is 9.56 Å². The highest BCUT2D eigenvalue weighted by Gasteiger charge is 2.07. The molecular formula is C12H14N8S. The molecule has 0 spiro atoms. The van der Waals surface area contributed by atoms with Crippen molar-refractivity contribution in [3.63, 3.8) is 0 Å². The van der Waals surface area contributed by atoms with Crippen LogP contribution in [0.15, 0.2) is 24.7 Å². The fourth-order valence-electron chi connectivity index (χ4n) is 1.70. The molecule has 9 heteroatoms. The van der Waals surface area contributed by atoms with E-state index in [0.29, 0.717) is 18.4 Å². The Kier molecular flexibility index (Phi) is 3.73. The molecule has 21 heavy (non-hydrogen) atoms. The lowest BCUT2D eigenvalue weighted by molar-refractivity contribution is 0.798. The summed E-state index contributed by atoms with van der Waals surface area (Å²) >= 11 is 1.66. The highest BCUT2D eigenvalue weighted by molar-refractivity contribution is 7.11. The van der Waals surface area contributed by atoms with Crippen LogP contribution in [0.3, 0.4) is 0 Å². The van der Waals surface area contributed by atoms with Gasteiger partial charge in [0.05, 0.1) is 6.54 Å². The number of nitrogen functional groups attached to an aromatic ring is 1. The quantitative estimate of drug-likeness (QED) is 0.730. The molecule has 0 saturated carbocycles.